The molecule has 1 aliphatic rings. The van der Waals surface area contributed by atoms with E-state index in [1.165, 1.54) is 18.7 Å². The number of fused-ring (bicyclic) bond motifs is 1. The second kappa shape index (κ2) is 6.24. The number of ketones is 1. The second-order valence-corrected chi connectivity index (χ2v) is 8.67. The van der Waals surface area contributed by atoms with Crippen LogP contribution in [0.4, 0.5) is 0 Å². The Balaban J connectivity index is 2.45. The number of aromatic nitrogens is 2. The molecule has 1 aromatic rings. The van der Waals surface area contributed by atoms with Gasteiger partial charge in [-0.25, -0.2) is 4.98 Å². The number of nitrogens with zero attached hydrogens (tertiary/aromatic N) is 2. The lowest BCUT2D eigenvalue weighted by Crippen LogP contribution is -2.26. The Labute approximate surface area is 129 Å². The highest BCUT2D eigenvalue weighted by Gasteiger charge is 2.51. The number of hydrogen-bond acceptors (Lipinski definition) is 6. The molecule has 2 heterocycles. The summed E-state index contributed by atoms with van der Waals surface area (Å²) in [4.78, 5) is 16.1. The van der Waals surface area contributed by atoms with E-state index in [1.54, 1.807) is 44.7 Å². The molecule has 0 amide bonds. The third-order valence-corrected chi connectivity index (χ3v) is 7.06. The Bertz CT molecular complexity index is 558. The van der Waals surface area contributed by atoms with Crippen LogP contribution >= 0.6 is 19.4 Å². The van der Waals surface area contributed by atoms with E-state index in [1.807, 2.05) is 0 Å². The standard InChI is InChI=1S/C13H21N2O4PS/c1-8(2)18-20(17,19-9(3)4)12-11(10(5)16)21-13-14-6-7-15(12)13/h6-9,11-12H,1-5H3/t11-,12-/m0/s1. The van der Waals surface area contributed by atoms with Gasteiger partial charge in [0.1, 0.15) is 11.0 Å². The normalized spacial score (nSPS) is 22.0. The molecule has 8 heteroatoms. The first kappa shape index (κ1) is 16.7. The van der Waals surface area contributed by atoms with Crippen LogP contribution in [0, 0.1) is 0 Å². The van der Waals surface area contributed by atoms with Crippen molar-refractivity contribution in [2.24, 2.45) is 0 Å². The molecule has 2 rings (SSSR count). The number of Topliss-reactive ketones (excluding diaryl/α,β-unsaturated/α-hetero) is 1. The molecule has 0 spiro atoms. The zero-order valence-electron chi connectivity index (χ0n) is 12.8. The van der Waals surface area contributed by atoms with Crippen LogP contribution in [0.1, 0.15) is 40.4 Å². The van der Waals surface area contributed by atoms with Gasteiger partial charge in [-0.1, -0.05) is 11.8 Å². The van der Waals surface area contributed by atoms with Crippen LogP contribution in [0.25, 0.3) is 0 Å². The van der Waals surface area contributed by atoms with E-state index in [0.29, 0.717) is 5.16 Å². The molecule has 21 heavy (non-hydrogen) atoms. The quantitative estimate of drug-likeness (QED) is 0.743. The molecule has 0 fully saturated rings. The lowest BCUT2D eigenvalue weighted by Gasteiger charge is -2.30. The molecule has 2 atom stereocenters. The van der Waals surface area contributed by atoms with E-state index >= 15 is 0 Å². The number of thioether (sulfide) groups is 1. The topological polar surface area (TPSA) is 70.4 Å². The van der Waals surface area contributed by atoms with Crippen molar-refractivity contribution < 1.29 is 18.4 Å². The number of rotatable bonds is 6. The van der Waals surface area contributed by atoms with Crippen LogP contribution in [-0.2, 0) is 18.4 Å². The second-order valence-electron chi connectivity index (χ2n) is 5.53. The molecule has 0 aromatic carbocycles. The van der Waals surface area contributed by atoms with Gasteiger partial charge in [0, 0.05) is 12.4 Å². The summed E-state index contributed by atoms with van der Waals surface area (Å²) < 4.78 is 26.4. The fourth-order valence-electron chi connectivity index (χ4n) is 2.26. The molecule has 118 valence electrons. The van der Waals surface area contributed by atoms with Crippen LogP contribution in [-0.4, -0.2) is 32.8 Å². The molecule has 1 aromatic heterocycles. The summed E-state index contributed by atoms with van der Waals surface area (Å²) in [6.45, 7) is 8.70. The first-order valence-corrected chi connectivity index (χ1v) is 9.40. The van der Waals surface area contributed by atoms with Crippen LogP contribution in [0.5, 0.6) is 0 Å². The Morgan fingerprint density at radius 1 is 1.33 bits per heavy atom. The summed E-state index contributed by atoms with van der Waals surface area (Å²) >= 11 is 1.31. The Kier molecular flexibility index (Phi) is 4.98. The van der Waals surface area contributed by atoms with Crippen molar-refractivity contribution in [1.29, 1.82) is 0 Å². The van der Waals surface area contributed by atoms with Crippen molar-refractivity contribution in [2.45, 2.75) is 63.0 Å². The van der Waals surface area contributed by atoms with Gasteiger partial charge in [0.2, 0.25) is 0 Å². The molecular weight excluding hydrogens is 311 g/mol. The van der Waals surface area contributed by atoms with E-state index in [-0.39, 0.29) is 18.0 Å². The summed E-state index contributed by atoms with van der Waals surface area (Å²) in [6, 6.07) is 0. The van der Waals surface area contributed by atoms with Crippen molar-refractivity contribution in [1.82, 2.24) is 9.55 Å². The van der Waals surface area contributed by atoms with Crippen LogP contribution in [0.3, 0.4) is 0 Å². The number of carbonyl (C=O) groups is 1. The first-order chi connectivity index (χ1) is 9.74. The van der Waals surface area contributed by atoms with Gasteiger partial charge in [-0.05, 0) is 34.6 Å². The summed E-state index contributed by atoms with van der Waals surface area (Å²) in [6.07, 6.45) is 2.82. The summed E-state index contributed by atoms with van der Waals surface area (Å²) in [5, 5.41) is 0.164. The third-order valence-electron chi connectivity index (χ3n) is 2.86. The number of carbonyl (C=O) groups excluding carboxylic acids is 1. The lowest BCUT2D eigenvalue weighted by molar-refractivity contribution is -0.116. The molecule has 0 bridgehead atoms. The Morgan fingerprint density at radius 2 is 1.90 bits per heavy atom. The third kappa shape index (κ3) is 3.42. The van der Waals surface area contributed by atoms with Gasteiger partial charge in [-0.3, -0.25) is 9.36 Å². The predicted molar refractivity (Wildman–Crippen MR) is 81.6 cm³/mol. The highest BCUT2D eigenvalue weighted by Crippen LogP contribution is 2.66. The monoisotopic (exact) mass is 332 g/mol. The SMILES string of the molecule is CC(=O)[C@@H]1Sc2nccn2[C@H]1P(=O)(OC(C)C)OC(C)C. The first-order valence-electron chi connectivity index (χ1n) is 6.91. The molecule has 0 aliphatic carbocycles. The number of hydrogen-bond donors (Lipinski definition) is 0. The van der Waals surface area contributed by atoms with Gasteiger partial charge < -0.3 is 13.6 Å². The fraction of sp³-hybridized carbons (Fsp3) is 0.692. The average Bonchev–Trinajstić information content (AvgIpc) is 2.83. The zero-order valence-corrected chi connectivity index (χ0v) is 14.6. The molecule has 0 N–H and O–H groups in total. The minimum Gasteiger partial charge on any atom is -0.309 e. The largest absolute Gasteiger partial charge is 0.355 e. The minimum absolute atomic E-state index is 0.0598. The lowest BCUT2D eigenvalue weighted by atomic mass is 10.3. The summed E-state index contributed by atoms with van der Waals surface area (Å²) in [7, 11) is -3.51. The van der Waals surface area contributed by atoms with Crippen molar-refractivity contribution in [3.63, 3.8) is 0 Å². The molecular formula is C13H21N2O4PS. The van der Waals surface area contributed by atoms with E-state index in [4.69, 9.17) is 9.05 Å². The van der Waals surface area contributed by atoms with Crippen molar-refractivity contribution in [3.8, 4) is 0 Å². The van der Waals surface area contributed by atoms with Gasteiger partial charge in [0.25, 0.3) is 0 Å². The molecule has 6 nitrogen and oxygen atoms in total. The van der Waals surface area contributed by atoms with E-state index in [2.05, 4.69) is 4.98 Å². The fourth-order valence-corrected chi connectivity index (χ4v) is 6.54. The van der Waals surface area contributed by atoms with Crippen molar-refractivity contribution in [3.05, 3.63) is 12.4 Å². The molecule has 0 saturated heterocycles. The van der Waals surface area contributed by atoms with Gasteiger partial charge in [-0.2, -0.15) is 0 Å². The Hall–Kier alpha value is -0.620. The molecule has 0 unspecified atom stereocenters. The molecule has 0 saturated carbocycles. The molecule has 0 radical (unpaired) electrons. The highest BCUT2D eigenvalue weighted by molar-refractivity contribution is 8.01. The average molecular weight is 332 g/mol. The maximum absolute atomic E-state index is 13.4. The van der Waals surface area contributed by atoms with Crippen LogP contribution in [0.2, 0.25) is 0 Å². The smallest absolute Gasteiger partial charge is 0.309 e. The van der Waals surface area contributed by atoms with E-state index in [9.17, 15) is 9.36 Å². The van der Waals surface area contributed by atoms with Gasteiger partial charge in [-0.15, -0.1) is 0 Å². The summed E-state index contributed by atoms with van der Waals surface area (Å²) in [5.41, 5.74) is 0. The van der Waals surface area contributed by atoms with Gasteiger partial charge >= 0.3 is 7.60 Å². The van der Waals surface area contributed by atoms with E-state index in [0.717, 1.165) is 0 Å². The van der Waals surface area contributed by atoms with Crippen LogP contribution in [0.15, 0.2) is 17.6 Å². The molecule has 1 aliphatic heterocycles. The van der Waals surface area contributed by atoms with E-state index < -0.39 is 18.6 Å². The number of imidazole rings is 1. The maximum Gasteiger partial charge on any atom is 0.355 e. The van der Waals surface area contributed by atoms with Crippen LogP contribution < -0.4 is 0 Å². The van der Waals surface area contributed by atoms with Gasteiger partial charge in [0.15, 0.2) is 10.9 Å². The van der Waals surface area contributed by atoms with Gasteiger partial charge in [0.05, 0.1) is 12.2 Å². The minimum atomic E-state index is -3.51. The Morgan fingerprint density at radius 3 is 2.38 bits per heavy atom. The maximum atomic E-state index is 13.4. The summed E-state index contributed by atoms with van der Waals surface area (Å²) in [5.74, 6) is -0.724. The van der Waals surface area contributed by atoms with Crippen molar-refractivity contribution >= 4 is 25.1 Å². The zero-order chi connectivity index (χ0) is 15.8. The predicted octanol–water partition coefficient (Wildman–Crippen LogP) is 3.49. The van der Waals surface area contributed by atoms with Crippen molar-refractivity contribution in [2.75, 3.05) is 0 Å². The highest BCUT2D eigenvalue weighted by atomic mass is 32.2.